The predicted octanol–water partition coefficient (Wildman–Crippen LogP) is 0.849. The molecule has 0 radical (unpaired) electrons. The largest absolute Gasteiger partial charge is 0.368 e. The Labute approximate surface area is 118 Å². The lowest BCUT2D eigenvalue weighted by molar-refractivity contribution is -0.124. The molecule has 1 aromatic rings. The van der Waals surface area contributed by atoms with E-state index in [-0.39, 0.29) is 5.91 Å². The summed E-state index contributed by atoms with van der Waals surface area (Å²) < 4.78 is 1.96. The summed E-state index contributed by atoms with van der Waals surface area (Å²) in [5.41, 5.74) is 4.82. The average molecular weight is 285 g/mol. The highest BCUT2D eigenvalue weighted by Crippen LogP contribution is 2.20. The van der Waals surface area contributed by atoms with E-state index in [1.54, 1.807) is 11.8 Å². The highest BCUT2D eigenvalue weighted by Gasteiger charge is 2.28. The van der Waals surface area contributed by atoms with E-state index in [1.807, 2.05) is 32.4 Å². The quantitative estimate of drug-likeness (QED) is 0.546. The lowest BCUT2D eigenvalue weighted by Crippen LogP contribution is -2.53. The third-order valence-electron chi connectivity index (χ3n) is 3.22. The van der Waals surface area contributed by atoms with Gasteiger partial charge in [0.1, 0.15) is 5.82 Å². The zero-order valence-corrected chi connectivity index (χ0v) is 12.9. The zero-order chi connectivity index (χ0) is 14.5. The van der Waals surface area contributed by atoms with Crippen LogP contribution in [-0.4, -0.2) is 38.5 Å². The van der Waals surface area contributed by atoms with E-state index in [1.165, 1.54) is 0 Å². The van der Waals surface area contributed by atoms with Crippen molar-refractivity contribution in [3.05, 3.63) is 5.82 Å². The number of primary amides is 1. The number of likely N-dealkylation sites (N-methyl/N-ethyl adjacent to an activating group) is 1. The molecule has 1 unspecified atom stereocenters. The molecule has 1 atom stereocenters. The summed E-state index contributed by atoms with van der Waals surface area (Å²) in [4.78, 5) is 11.5. The minimum atomic E-state index is -0.620. The van der Waals surface area contributed by atoms with E-state index in [4.69, 9.17) is 5.73 Å². The standard InChI is InChI=1S/C12H23N5OS/c1-5-14-12(3,10(13)18)7-6-8-19-11-16-15-9(2)17(11)4/h14H,5-8H2,1-4H3,(H2,13,18). The number of rotatable bonds is 8. The Bertz CT molecular complexity index is 434. The second-order valence-electron chi connectivity index (χ2n) is 4.77. The van der Waals surface area contributed by atoms with E-state index in [9.17, 15) is 4.79 Å². The lowest BCUT2D eigenvalue weighted by atomic mass is 9.95. The number of carbonyl (C=O) groups is 1. The van der Waals surface area contributed by atoms with Crippen molar-refractivity contribution < 1.29 is 4.79 Å². The summed E-state index contributed by atoms with van der Waals surface area (Å²) in [5.74, 6) is 1.49. The number of hydrogen-bond acceptors (Lipinski definition) is 5. The molecule has 1 rings (SSSR count). The minimum absolute atomic E-state index is 0.297. The van der Waals surface area contributed by atoms with Crippen LogP contribution in [0.1, 0.15) is 32.5 Å². The highest BCUT2D eigenvalue weighted by molar-refractivity contribution is 7.99. The van der Waals surface area contributed by atoms with Crippen LogP contribution in [0, 0.1) is 6.92 Å². The first-order chi connectivity index (χ1) is 8.90. The molecule has 0 fully saturated rings. The van der Waals surface area contributed by atoms with Crippen LogP contribution in [0.25, 0.3) is 0 Å². The number of hydrogen-bond donors (Lipinski definition) is 2. The van der Waals surface area contributed by atoms with Gasteiger partial charge in [-0.05, 0) is 33.2 Å². The van der Waals surface area contributed by atoms with Gasteiger partial charge in [0.2, 0.25) is 5.91 Å². The van der Waals surface area contributed by atoms with Crippen LogP contribution in [0.4, 0.5) is 0 Å². The Morgan fingerprint density at radius 3 is 2.68 bits per heavy atom. The maximum Gasteiger partial charge on any atom is 0.237 e. The summed E-state index contributed by atoms with van der Waals surface area (Å²) in [7, 11) is 1.95. The van der Waals surface area contributed by atoms with Crippen LogP contribution in [0.2, 0.25) is 0 Å². The molecule has 19 heavy (non-hydrogen) atoms. The van der Waals surface area contributed by atoms with Crippen molar-refractivity contribution in [3.8, 4) is 0 Å². The van der Waals surface area contributed by atoms with Gasteiger partial charge in [-0.3, -0.25) is 4.79 Å². The molecule has 1 amide bonds. The SMILES string of the molecule is CCNC(C)(CCCSc1nnc(C)n1C)C(N)=O. The van der Waals surface area contributed by atoms with E-state index < -0.39 is 5.54 Å². The molecule has 7 heteroatoms. The second kappa shape index (κ2) is 6.91. The molecule has 0 spiro atoms. The Morgan fingerprint density at radius 2 is 2.21 bits per heavy atom. The summed E-state index contributed by atoms with van der Waals surface area (Å²) in [6.07, 6.45) is 1.61. The van der Waals surface area contributed by atoms with Gasteiger partial charge in [0.05, 0.1) is 5.54 Å². The van der Waals surface area contributed by atoms with Gasteiger partial charge in [-0.1, -0.05) is 18.7 Å². The number of nitrogens with two attached hydrogens (primary N) is 1. The van der Waals surface area contributed by atoms with Gasteiger partial charge in [-0.2, -0.15) is 0 Å². The molecule has 0 aromatic carbocycles. The van der Waals surface area contributed by atoms with Crippen LogP contribution in [0.15, 0.2) is 5.16 Å². The normalized spacial score (nSPS) is 14.3. The number of nitrogens with one attached hydrogen (secondary N) is 1. The number of aryl methyl sites for hydroxylation is 1. The molecule has 0 saturated heterocycles. The van der Waals surface area contributed by atoms with Gasteiger partial charge in [0.25, 0.3) is 0 Å². The molecule has 1 heterocycles. The first kappa shape index (κ1) is 16.0. The summed E-state index contributed by atoms with van der Waals surface area (Å²) in [5, 5.41) is 12.2. The maximum absolute atomic E-state index is 11.5. The lowest BCUT2D eigenvalue weighted by Gasteiger charge is -2.26. The Kier molecular flexibility index (Phi) is 5.81. The maximum atomic E-state index is 11.5. The molecule has 0 aliphatic rings. The van der Waals surface area contributed by atoms with Crippen molar-refractivity contribution >= 4 is 17.7 Å². The van der Waals surface area contributed by atoms with Crippen molar-refractivity contribution in [1.82, 2.24) is 20.1 Å². The summed E-state index contributed by atoms with van der Waals surface area (Å²) in [6.45, 7) is 6.48. The van der Waals surface area contributed by atoms with Crippen LogP contribution in [0.5, 0.6) is 0 Å². The van der Waals surface area contributed by atoms with Gasteiger partial charge in [-0.15, -0.1) is 10.2 Å². The number of aromatic nitrogens is 3. The summed E-state index contributed by atoms with van der Waals surface area (Å²) >= 11 is 1.65. The van der Waals surface area contributed by atoms with E-state index in [0.717, 1.165) is 36.1 Å². The van der Waals surface area contributed by atoms with Gasteiger partial charge in [0, 0.05) is 12.8 Å². The average Bonchev–Trinajstić information content (AvgIpc) is 2.66. The number of carbonyl (C=O) groups excluding carboxylic acids is 1. The molecule has 6 nitrogen and oxygen atoms in total. The molecule has 0 aliphatic carbocycles. The Balaban J connectivity index is 2.41. The summed E-state index contributed by atoms with van der Waals surface area (Å²) in [6, 6.07) is 0. The third kappa shape index (κ3) is 4.21. The van der Waals surface area contributed by atoms with Crippen molar-refractivity contribution in [1.29, 1.82) is 0 Å². The van der Waals surface area contributed by atoms with Crippen molar-refractivity contribution in [2.45, 2.75) is 44.3 Å². The molecular formula is C12H23N5OS. The Hall–Kier alpha value is -1.08. The highest BCUT2D eigenvalue weighted by atomic mass is 32.2. The monoisotopic (exact) mass is 285 g/mol. The van der Waals surface area contributed by atoms with Gasteiger partial charge in [0.15, 0.2) is 5.16 Å². The fourth-order valence-electron chi connectivity index (χ4n) is 1.79. The fraction of sp³-hybridized carbons (Fsp3) is 0.750. The van der Waals surface area contributed by atoms with E-state index in [2.05, 4.69) is 15.5 Å². The predicted molar refractivity (Wildman–Crippen MR) is 77.0 cm³/mol. The van der Waals surface area contributed by atoms with Crippen molar-refractivity contribution in [3.63, 3.8) is 0 Å². The number of thioether (sulfide) groups is 1. The fourth-order valence-corrected chi connectivity index (χ4v) is 2.69. The molecule has 0 saturated carbocycles. The van der Waals surface area contributed by atoms with Crippen LogP contribution in [-0.2, 0) is 11.8 Å². The minimum Gasteiger partial charge on any atom is -0.368 e. The topological polar surface area (TPSA) is 85.8 Å². The van der Waals surface area contributed by atoms with Gasteiger partial charge < -0.3 is 15.6 Å². The number of nitrogens with zero attached hydrogens (tertiary/aromatic N) is 3. The smallest absolute Gasteiger partial charge is 0.237 e. The van der Waals surface area contributed by atoms with Crippen LogP contribution in [0.3, 0.4) is 0 Å². The third-order valence-corrected chi connectivity index (χ3v) is 4.32. The van der Waals surface area contributed by atoms with Crippen LogP contribution >= 0.6 is 11.8 Å². The van der Waals surface area contributed by atoms with Gasteiger partial charge in [-0.25, -0.2) is 0 Å². The van der Waals surface area contributed by atoms with Crippen molar-refractivity contribution in [2.24, 2.45) is 12.8 Å². The first-order valence-corrected chi connectivity index (χ1v) is 7.43. The molecule has 108 valence electrons. The number of amides is 1. The first-order valence-electron chi connectivity index (χ1n) is 6.44. The molecular weight excluding hydrogens is 262 g/mol. The molecule has 0 aliphatic heterocycles. The van der Waals surface area contributed by atoms with E-state index in [0.29, 0.717) is 0 Å². The van der Waals surface area contributed by atoms with Gasteiger partial charge >= 0.3 is 0 Å². The zero-order valence-electron chi connectivity index (χ0n) is 12.1. The van der Waals surface area contributed by atoms with E-state index >= 15 is 0 Å². The second-order valence-corrected chi connectivity index (χ2v) is 5.83. The molecule has 0 bridgehead atoms. The van der Waals surface area contributed by atoms with Crippen LogP contribution < -0.4 is 11.1 Å². The molecule has 3 N–H and O–H groups in total. The Morgan fingerprint density at radius 1 is 1.53 bits per heavy atom. The van der Waals surface area contributed by atoms with Crippen molar-refractivity contribution in [2.75, 3.05) is 12.3 Å². The molecule has 1 aromatic heterocycles.